The van der Waals surface area contributed by atoms with E-state index in [1.54, 1.807) is 30.3 Å². The zero-order valence-corrected chi connectivity index (χ0v) is 13.6. The highest BCUT2D eigenvalue weighted by molar-refractivity contribution is 6.21. The van der Waals surface area contributed by atoms with Crippen molar-refractivity contribution in [1.29, 1.82) is 0 Å². The fourth-order valence-corrected chi connectivity index (χ4v) is 2.60. The number of carbonyl (C=O) groups is 3. The molecule has 0 bridgehead atoms. The van der Waals surface area contributed by atoms with Gasteiger partial charge in [-0.05, 0) is 24.1 Å². The highest BCUT2D eigenvalue weighted by atomic mass is 16.5. The van der Waals surface area contributed by atoms with Crippen molar-refractivity contribution in [2.24, 2.45) is 0 Å². The van der Waals surface area contributed by atoms with Gasteiger partial charge in [0.2, 0.25) is 0 Å². The van der Waals surface area contributed by atoms with Crippen molar-refractivity contribution in [3.63, 3.8) is 0 Å². The molecule has 1 heterocycles. The maximum Gasteiger partial charge on any atom is 0.330 e. The standard InChI is InChI=1S/C20H17NO4/c22-18(25-14-15-8-2-1-3-9-15)12-6-7-13-21-19(23)16-10-4-5-11-17(16)20(21)24/h1-6,8-12H,7,13-14H2/b12-6+. The van der Waals surface area contributed by atoms with E-state index in [9.17, 15) is 14.4 Å². The van der Waals surface area contributed by atoms with E-state index in [0.717, 1.165) is 5.56 Å². The minimum atomic E-state index is -0.453. The Labute approximate surface area is 145 Å². The van der Waals surface area contributed by atoms with E-state index >= 15 is 0 Å². The summed E-state index contributed by atoms with van der Waals surface area (Å²) in [6, 6.07) is 16.1. The second-order valence-corrected chi connectivity index (χ2v) is 5.59. The maximum absolute atomic E-state index is 12.2. The molecule has 0 unspecified atom stereocenters. The van der Waals surface area contributed by atoms with Crippen LogP contribution in [0, 0.1) is 0 Å². The molecule has 2 aromatic carbocycles. The van der Waals surface area contributed by atoms with E-state index < -0.39 is 5.97 Å². The molecular formula is C20H17NO4. The van der Waals surface area contributed by atoms with Crippen LogP contribution in [0.15, 0.2) is 66.7 Å². The molecule has 0 aliphatic carbocycles. The molecule has 0 spiro atoms. The minimum absolute atomic E-state index is 0.211. The Balaban J connectivity index is 1.47. The third-order valence-corrected chi connectivity index (χ3v) is 3.88. The van der Waals surface area contributed by atoms with Gasteiger partial charge in [-0.2, -0.15) is 0 Å². The van der Waals surface area contributed by atoms with Gasteiger partial charge in [-0.25, -0.2) is 4.79 Å². The molecule has 25 heavy (non-hydrogen) atoms. The predicted molar refractivity (Wildman–Crippen MR) is 91.8 cm³/mol. The van der Waals surface area contributed by atoms with E-state index in [-0.39, 0.29) is 25.0 Å². The van der Waals surface area contributed by atoms with Crippen molar-refractivity contribution in [1.82, 2.24) is 4.90 Å². The molecule has 2 amide bonds. The molecule has 0 radical (unpaired) electrons. The Bertz CT molecular complexity index is 792. The lowest BCUT2D eigenvalue weighted by Gasteiger charge is -2.11. The van der Waals surface area contributed by atoms with Gasteiger partial charge in [-0.3, -0.25) is 14.5 Å². The number of nitrogens with zero attached hydrogens (tertiary/aromatic N) is 1. The smallest absolute Gasteiger partial charge is 0.330 e. The third-order valence-electron chi connectivity index (χ3n) is 3.88. The lowest BCUT2D eigenvalue weighted by molar-refractivity contribution is -0.139. The first-order valence-electron chi connectivity index (χ1n) is 7.99. The molecule has 2 aromatic rings. The van der Waals surface area contributed by atoms with Gasteiger partial charge < -0.3 is 4.74 Å². The van der Waals surface area contributed by atoms with Crippen LogP contribution in [0.2, 0.25) is 0 Å². The van der Waals surface area contributed by atoms with Crippen LogP contribution in [-0.2, 0) is 16.1 Å². The van der Waals surface area contributed by atoms with Crippen LogP contribution in [0.3, 0.4) is 0 Å². The molecule has 0 N–H and O–H groups in total. The lowest BCUT2D eigenvalue weighted by Crippen LogP contribution is -2.30. The molecule has 0 saturated heterocycles. The molecule has 0 saturated carbocycles. The van der Waals surface area contributed by atoms with Gasteiger partial charge in [-0.1, -0.05) is 48.5 Å². The van der Waals surface area contributed by atoms with E-state index in [1.165, 1.54) is 11.0 Å². The van der Waals surface area contributed by atoms with Gasteiger partial charge in [0, 0.05) is 12.6 Å². The van der Waals surface area contributed by atoms with E-state index in [4.69, 9.17) is 4.74 Å². The Morgan fingerprint density at radius 2 is 1.52 bits per heavy atom. The van der Waals surface area contributed by atoms with Gasteiger partial charge in [0.05, 0.1) is 11.1 Å². The summed E-state index contributed by atoms with van der Waals surface area (Å²) in [6.45, 7) is 0.442. The molecule has 0 fully saturated rings. The van der Waals surface area contributed by atoms with Crippen LogP contribution in [0.1, 0.15) is 32.7 Å². The largest absolute Gasteiger partial charge is 0.458 e. The quantitative estimate of drug-likeness (QED) is 0.462. The van der Waals surface area contributed by atoms with Crippen molar-refractivity contribution in [3.05, 3.63) is 83.4 Å². The number of hydrogen-bond acceptors (Lipinski definition) is 4. The molecule has 126 valence electrons. The van der Waals surface area contributed by atoms with Crippen LogP contribution in [0.25, 0.3) is 0 Å². The van der Waals surface area contributed by atoms with Crippen molar-refractivity contribution in [2.75, 3.05) is 6.54 Å². The van der Waals surface area contributed by atoms with Crippen LogP contribution in [0.4, 0.5) is 0 Å². The fourth-order valence-electron chi connectivity index (χ4n) is 2.60. The number of imide groups is 1. The second-order valence-electron chi connectivity index (χ2n) is 5.59. The highest BCUT2D eigenvalue weighted by Crippen LogP contribution is 2.22. The Hall–Kier alpha value is -3.21. The number of benzene rings is 2. The number of ether oxygens (including phenoxy) is 1. The first-order chi connectivity index (χ1) is 12.2. The van der Waals surface area contributed by atoms with E-state index in [1.807, 2.05) is 30.3 Å². The summed E-state index contributed by atoms with van der Waals surface area (Å²) >= 11 is 0. The summed E-state index contributed by atoms with van der Waals surface area (Å²) in [6.07, 6.45) is 3.32. The van der Waals surface area contributed by atoms with E-state index in [0.29, 0.717) is 17.5 Å². The van der Waals surface area contributed by atoms with Crippen LogP contribution in [-0.4, -0.2) is 29.2 Å². The number of fused-ring (bicyclic) bond motifs is 1. The first kappa shape index (κ1) is 16.6. The van der Waals surface area contributed by atoms with Gasteiger partial charge in [0.1, 0.15) is 6.61 Å². The van der Waals surface area contributed by atoms with Crippen LogP contribution < -0.4 is 0 Å². The molecule has 5 heteroatoms. The molecule has 5 nitrogen and oxygen atoms in total. The number of carbonyl (C=O) groups excluding carboxylic acids is 3. The van der Waals surface area contributed by atoms with Crippen LogP contribution >= 0.6 is 0 Å². The summed E-state index contributed by atoms with van der Waals surface area (Å²) < 4.78 is 5.12. The second kappa shape index (κ2) is 7.57. The number of esters is 1. The van der Waals surface area contributed by atoms with Crippen molar-refractivity contribution in [2.45, 2.75) is 13.0 Å². The zero-order chi connectivity index (χ0) is 17.6. The number of hydrogen-bond donors (Lipinski definition) is 0. The monoisotopic (exact) mass is 335 g/mol. The zero-order valence-electron chi connectivity index (χ0n) is 13.6. The molecule has 1 aliphatic heterocycles. The lowest BCUT2D eigenvalue weighted by atomic mass is 10.1. The van der Waals surface area contributed by atoms with Gasteiger partial charge >= 0.3 is 5.97 Å². The summed E-state index contributed by atoms with van der Waals surface area (Å²) in [4.78, 5) is 37.2. The average Bonchev–Trinajstić information content (AvgIpc) is 2.89. The van der Waals surface area contributed by atoms with Crippen LogP contribution in [0.5, 0.6) is 0 Å². The Morgan fingerprint density at radius 1 is 0.920 bits per heavy atom. The number of amides is 2. The summed E-state index contributed by atoms with van der Waals surface area (Å²) in [5, 5.41) is 0. The van der Waals surface area contributed by atoms with Crippen molar-refractivity contribution < 1.29 is 19.1 Å². The topological polar surface area (TPSA) is 63.7 Å². The molecule has 1 aliphatic rings. The SMILES string of the molecule is O=C(/C=C/CCN1C(=O)c2ccccc2C1=O)OCc1ccccc1. The summed E-state index contributed by atoms with van der Waals surface area (Å²) in [5.74, 6) is -1.03. The Kier molecular flexibility index (Phi) is 5.04. The van der Waals surface area contributed by atoms with Gasteiger partial charge in [0.15, 0.2) is 0 Å². The van der Waals surface area contributed by atoms with Gasteiger partial charge in [0.25, 0.3) is 11.8 Å². The maximum atomic E-state index is 12.2. The minimum Gasteiger partial charge on any atom is -0.458 e. The van der Waals surface area contributed by atoms with E-state index in [2.05, 4.69) is 0 Å². The molecule has 0 aromatic heterocycles. The molecule has 3 rings (SSSR count). The average molecular weight is 335 g/mol. The summed E-state index contributed by atoms with van der Waals surface area (Å²) in [5.41, 5.74) is 1.77. The Morgan fingerprint density at radius 3 is 2.16 bits per heavy atom. The fraction of sp³-hybridized carbons (Fsp3) is 0.150. The van der Waals surface area contributed by atoms with Gasteiger partial charge in [-0.15, -0.1) is 0 Å². The highest BCUT2D eigenvalue weighted by Gasteiger charge is 2.34. The van der Waals surface area contributed by atoms with Crippen molar-refractivity contribution >= 4 is 17.8 Å². The first-order valence-corrected chi connectivity index (χ1v) is 7.99. The number of rotatable bonds is 6. The normalized spacial score (nSPS) is 13.4. The van der Waals surface area contributed by atoms with Crippen molar-refractivity contribution in [3.8, 4) is 0 Å². The molecule has 0 atom stereocenters. The molecular weight excluding hydrogens is 318 g/mol. The third kappa shape index (κ3) is 3.83. The predicted octanol–water partition coefficient (Wildman–Crippen LogP) is 2.97. The summed E-state index contributed by atoms with van der Waals surface area (Å²) in [7, 11) is 0.